The quantitative estimate of drug-likeness (QED) is 0.337. The topological polar surface area (TPSA) is 88.9 Å². The number of carbonyl (C=O) groups excluding carboxylic acids is 2. The highest BCUT2D eigenvalue weighted by molar-refractivity contribution is 7.99. The summed E-state index contributed by atoms with van der Waals surface area (Å²) in [6.45, 7) is 1.92. The van der Waals surface area contributed by atoms with E-state index < -0.39 is 11.7 Å². The molecule has 0 aliphatic heterocycles. The van der Waals surface area contributed by atoms with E-state index in [1.54, 1.807) is 41.2 Å². The molecule has 0 aliphatic carbocycles. The molecule has 34 heavy (non-hydrogen) atoms. The Balaban J connectivity index is 1.37. The maximum Gasteiger partial charge on any atom is 0.255 e. The number of hydrogen-bond acceptors (Lipinski definition) is 5. The van der Waals surface area contributed by atoms with Crippen molar-refractivity contribution >= 4 is 46.6 Å². The van der Waals surface area contributed by atoms with E-state index in [1.807, 2.05) is 25.1 Å². The summed E-state index contributed by atoms with van der Waals surface area (Å²) in [5.41, 5.74) is 2.88. The molecular weight excluding hydrogens is 477 g/mol. The van der Waals surface area contributed by atoms with Crippen LogP contribution in [0.3, 0.4) is 0 Å². The number of aromatic nitrogens is 3. The first-order valence-corrected chi connectivity index (χ1v) is 11.5. The Morgan fingerprint density at radius 3 is 2.56 bits per heavy atom. The van der Waals surface area contributed by atoms with E-state index >= 15 is 0 Å². The molecule has 1 aromatic heterocycles. The summed E-state index contributed by atoms with van der Waals surface area (Å²) in [7, 11) is 0. The van der Waals surface area contributed by atoms with E-state index in [0.717, 1.165) is 11.3 Å². The highest BCUT2D eigenvalue weighted by Gasteiger charge is 2.13. The molecule has 0 spiro atoms. The molecule has 10 heteroatoms. The van der Waals surface area contributed by atoms with Crippen molar-refractivity contribution in [3.8, 4) is 5.69 Å². The average molecular weight is 496 g/mol. The van der Waals surface area contributed by atoms with Crippen LogP contribution >= 0.6 is 23.4 Å². The number of nitrogens with one attached hydrogen (secondary N) is 2. The van der Waals surface area contributed by atoms with E-state index in [0.29, 0.717) is 27.1 Å². The van der Waals surface area contributed by atoms with E-state index in [1.165, 1.54) is 30.0 Å². The summed E-state index contributed by atoms with van der Waals surface area (Å²) >= 11 is 7.44. The first-order chi connectivity index (χ1) is 16.4. The number of amides is 2. The number of aryl methyl sites for hydroxylation is 1. The molecule has 4 aromatic rings. The van der Waals surface area contributed by atoms with Crippen LogP contribution in [0.25, 0.3) is 5.69 Å². The van der Waals surface area contributed by atoms with Crippen molar-refractivity contribution in [2.24, 2.45) is 0 Å². The van der Waals surface area contributed by atoms with Crippen LogP contribution in [-0.2, 0) is 4.79 Å². The fourth-order valence-corrected chi connectivity index (χ4v) is 3.97. The Kier molecular flexibility index (Phi) is 7.24. The summed E-state index contributed by atoms with van der Waals surface area (Å²) in [6.07, 6.45) is 1.56. The maximum atomic E-state index is 13.3. The van der Waals surface area contributed by atoms with Crippen LogP contribution in [0.2, 0.25) is 5.02 Å². The van der Waals surface area contributed by atoms with Gasteiger partial charge < -0.3 is 10.6 Å². The van der Waals surface area contributed by atoms with Gasteiger partial charge in [-0.05, 0) is 61.0 Å². The lowest BCUT2D eigenvalue weighted by Gasteiger charge is -2.09. The molecule has 0 atom stereocenters. The molecule has 0 aliphatic rings. The second kappa shape index (κ2) is 10.5. The molecule has 2 N–H and O–H groups in total. The van der Waals surface area contributed by atoms with E-state index in [4.69, 9.17) is 11.6 Å². The van der Waals surface area contributed by atoms with Crippen LogP contribution < -0.4 is 10.6 Å². The van der Waals surface area contributed by atoms with Gasteiger partial charge >= 0.3 is 0 Å². The number of benzene rings is 3. The van der Waals surface area contributed by atoms with Crippen LogP contribution in [0.1, 0.15) is 15.9 Å². The Labute approximate surface area is 204 Å². The van der Waals surface area contributed by atoms with Crippen molar-refractivity contribution in [1.82, 2.24) is 14.8 Å². The van der Waals surface area contributed by atoms with Crippen molar-refractivity contribution in [3.05, 3.63) is 95.0 Å². The Hall–Kier alpha value is -3.69. The van der Waals surface area contributed by atoms with Gasteiger partial charge in [0.2, 0.25) is 5.91 Å². The van der Waals surface area contributed by atoms with Crippen LogP contribution in [0.4, 0.5) is 15.8 Å². The third-order valence-electron chi connectivity index (χ3n) is 4.77. The van der Waals surface area contributed by atoms with Crippen molar-refractivity contribution in [2.75, 3.05) is 16.4 Å². The molecule has 1 heterocycles. The second-order valence-corrected chi connectivity index (χ2v) is 8.65. The van der Waals surface area contributed by atoms with Gasteiger partial charge in [-0.3, -0.25) is 14.2 Å². The SMILES string of the molecule is Cc1ccc(-n2cnnc2SCC(=O)Nc2cccc(C(=O)Nc3cccc(F)c3)c2)cc1Cl. The molecule has 0 unspecified atom stereocenters. The zero-order valence-corrected chi connectivity index (χ0v) is 19.5. The normalized spacial score (nSPS) is 10.7. The number of carbonyl (C=O) groups is 2. The van der Waals surface area contributed by atoms with Crippen molar-refractivity contribution in [3.63, 3.8) is 0 Å². The molecule has 0 radical (unpaired) electrons. The summed E-state index contributed by atoms with van der Waals surface area (Å²) in [5, 5.41) is 14.6. The van der Waals surface area contributed by atoms with Crippen molar-refractivity contribution in [2.45, 2.75) is 12.1 Å². The summed E-state index contributed by atoms with van der Waals surface area (Å²) in [6, 6.07) is 17.7. The van der Waals surface area contributed by atoms with Gasteiger partial charge in [0.25, 0.3) is 5.91 Å². The molecule has 0 bridgehead atoms. The Morgan fingerprint density at radius 1 is 1.03 bits per heavy atom. The molecule has 0 saturated carbocycles. The standard InChI is InChI=1S/C24H19ClFN5O2S/c1-15-8-9-20(12-21(15)25)31-14-27-30-24(31)34-13-22(32)28-18-6-2-4-16(10-18)23(33)29-19-7-3-5-17(26)11-19/h2-12,14H,13H2,1H3,(H,28,32)(H,29,33). The van der Waals surface area contributed by atoms with Gasteiger partial charge in [0.05, 0.1) is 11.4 Å². The van der Waals surface area contributed by atoms with Gasteiger partial charge in [0.15, 0.2) is 5.16 Å². The highest BCUT2D eigenvalue weighted by Crippen LogP contribution is 2.24. The third kappa shape index (κ3) is 5.81. The molecular formula is C24H19ClFN5O2S. The number of halogens is 2. The van der Waals surface area contributed by atoms with Gasteiger partial charge in [-0.2, -0.15) is 0 Å². The molecule has 0 fully saturated rings. The Morgan fingerprint density at radius 2 is 1.79 bits per heavy atom. The zero-order chi connectivity index (χ0) is 24.1. The molecule has 172 valence electrons. The summed E-state index contributed by atoms with van der Waals surface area (Å²) in [4.78, 5) is 25.0. The van der Waals surface area contributed by atoms with E-state index in [2.05, 4.69) is 20.8 Å². The monoisotopic (exact) mass is 495 g/mol. The molecule has 2 amide bonds. The minimum atomic E-state index is -0.447. The van der Waals surface area contributed by atoms with E-state index in [9.17, 15) is 14.0 Å². The number of nitrogens with zero attached hydrogens (tertiary/aromatic N) is 3. The minimum absolute atomic E-state index is 0.0814. The van der Waals surface area contributed by atoms with Gasteiger partial charge in [0.1, 0.15) is 12.1 Å². The molecule has 4 rings (SSSR count). The first-order valence-electron chi connectivity index (χ1n) is 10.2. The number of hydrogen-bond donors (Lipinski definition) is 2. The fourth-order valence-electron chi connectivity index (χ4n) is 3.07. The second-order valence-electron chi connectivity index (χ2n) is 7.30. The third-order valence-corrected chi connectivity index (χ3v) is 6.12. The van der Waals surface area contributed by atoms with Gasteiger partial charge in [-0.1, -0.05) is 41.6 Å². The molecule has 3 aromatic carbocycles. The summed E-state index contributed by atoms with van der Waals surface area (Å²) < 4.78 is 15.1. The minimum Gasteiger partial charge on any atom is -0.325 e. The van der Waals surface area contributed by atoms with Crippen molar-refractivity contribution in [1.29, 1.82) is 0 Å². The highest BCUT2D eigenvalue weighted by atomic mass is 35.5. The van der Waals surface area contributed by atoms with Gasteiger partial charge in [0, 0.05) is 22.0 Å². The predicted octanol–water partition coefficient (Wildman–Crippen LogP) is 5.35. The number of thioether (sulfide) groups is 1. The van der Waals surface area contributed by atoms with Crippen molar-refractivity contribution < 1.29 is 14.0 Å². The van der Waals surface area contributed by atoms with Crippen LogP contribution in [-0.4, -0.2) is 32.3 Å². The predicted molar refractivity (Wildman–Crippen MR) is 131 cm³/mol. The number of rotatable bonds is 7. The number of anilines is 2. The van der Waals surface area contributed by atoms with Crippen LogP contribution in [0, 0.1) is 12.7 Å². The first kappa shape index (κ1) is 23.5. The maximum absolute atomic E-state index is 13.3. The lowest BCUT2D eigenvalue weighted by Crippen LogP contribution is -2.16. The summed E-state index contributed by atoms with van der Waals surface area (Å²) in [5.74, 6) is -1.06. The lowest BCUT2D eigenvalue weighted by molar-refractivity contribution is -0.113. The van der Waals surface area contributed by atoms with Gasteiger partial charge in [-0.25, -0.2) is 4.39 Å². The largest absolute Gasteiger partial charge is 0.325 e. The van der Waals surface area contributed by atoms with Gasteiger partial charge in [-0.15, -0.1) is 10.2 Å². The van der Waals surface area contributed by atoms with Crippen LogP contribution in [0.5, 0.6) is 0 Å². The zero-order valence-electron chi connectivity index (χ0n) is 18.0. The lowest BCUT2D eigenvalue weighted by atomic mass is 10.2. The molecule has 7 nitrogen and oxygen atoms in total. The fraction of sp³-hybridized carbons (Fsp3) is 0.0833. The van der Waals surface area contributed by atoms with E-state index in [-0.39, 0.29) is 11.7 Å². The smallest absolute Gasteiger partial charge is 0.255 e. The Bertz CT molecular complexity index is 1360. The molecule has 0 saturated heterocycles. The van der Waals surface area contributed by atoms with Crippen LogP contribution in [0.15, 0.2) is 78.2 Å². The average Bonchev–Trinajstić information content (AvgIpc) is 3.28.